The highest BCUT2D eigenvalue weighted by Crippen LogP contribution is 2.23. The van der Waals surface area contributed by atoms with Crippen LogP contribution in [0.15, 0.2) is 41.3 Å². The average molecular weight is 474 g/mol. The van der Waals surface area contributed by atoms with Gasteiger partial charge in [0.2, 0.25) is 5.91 Å². The van der Waals surface area contributed by atoms with Crippen molar-refractivity contribution in [3.05, 3.63) is 63.6 Å². The fraction of sp³-hybridized carbons (Fsp3) is 0.480. The number of amides is 1. The van der Waals surface area contributed by atoms with Crippen LogP contribution in [0, 0.1) is 12.8 Å². The molecule has 0 aliphatic heterocycles. The van der Waals surface area contributed by atoms with Crippen molar-refractivity contribution in [2.45, 2.75) is 65.0 Å². The third-order valence-corrected chi connectivity index (χ3v) is 5.81. The van der Waals surface area contributed by atoms with Crippen molar-refractivity contribution < 1.29 is 23.9 Å². The molecule has 0 fully saturated rings. The van der Waals surface area contributed by atoms with Gasteiger partial charge in [0.25, 0.3) is 5.56 Å². The summed E-state index contributed by atoms with van der Waals surface area (Å²) in [5.74, 6) is -4.49. The van der Waals surface area contributed by atoms with E-state index in [-0.39, 0.29) is 18.5 Å². The summed E-state index contributed by atoms with van der Waals surface area (Å²) in [6, 6.07) is 8.02. The molecule has 0 bridgehead atoms. The summed E-state index contributed by atoms with van der Waals surface area (Å²) in [6.45, 7) is 3.94. The van der Waals surface area contributed by atoms with E-state index in [2.05, 4.69) is 10.4 Å². The molecule has 0 aliphatic rings. The summed E-state index contributed by atoms with van der Waals surface area (Å²) in [5.41, 5.74) is 1.28. The average Bonchev–Trinajstić information content (AvgIpc) is 2.82. The molecular formula is C25H32FN3O5. The maximum Gasteiger partial charge on any atom is 0.306 e. The van der Waals surface area contributed by atoms with Crippen LogP contribution in [0.25, 0.3) is 0 Å². The Morgan fingerprint density at radius 1 is 1.21 bits per heavy atom. The number of carboxylic acids is 1. The molecule has 3 unspecified atom stereocenters. The highest BCUT2D eigenvalue weighted by molar-refractivity contribution is 5.92. The first kappa shape index (κ1) is 26.9. The number of alkyl halides is 1. The van der Waals surface area contributed by atoms with E-state index >= 15 is 0 Å². The first-order valence-electron chi connectivity index (χ1n) is 11.4. The molecule has 0 saturated heterocycles. The number of Topliss-reactive ketones (excluding diaryl/α,β-unsaturated/α-hetero) is 1. The second-order valence-corrected chi connectivity index (χ2v) is 8.52. The van der Waals surface area contributed by atoms with Crippen LogP contribution >= 0.6 is 0 Å². The highest BCUT2D eigenvalue weighted by atomic mass is 19.1. The standard InChI is InChI=1S/C25H32FN3O5/c1-4-5-11-19(23(31)28-20(21(30)13-26)12-16(2)25(33)34)22-17(3)14-27-29(24(22)32)15-18-9-7-6-8-10-18/h6-10,14,16,19-20H,4-5,11-13,15H2,1-3H3,(H,28,31)(H,33,34). The Labute approximate surface area is 198 Å². The minimum Gasteiger partial charge on any atom is -0.481 e. The Morgan fingerprint density at radius 2 is 1.88 bits per heavy atom. The quantitative estimate of drug-likeness (QED) is 0.462. The number of hydrogen-bond acceptors (Lipinski definition) is 5. The Balaban J connectivity index is 2.41. The van der Waals surface area contributed by atoms with Gasteiger partial charge in [-0.05, 0) is 30.9 Å². The maximum atomic E-state index is 13.4. The molecule has 8 nitrogen and oxygen atoms in total. The zero-order chi connectivity index (χ0) is 25.3. The SMILES string of the molecule is CCCCC(C(=O)NC(CC(C)C(=O)O)C(=O)CF)c1c(C)cnn(Cc2ccccc2)c1=O. The molecule has 0 radical (unpaired) electrons. The van der Waals surface area contributed by atoms with Crippen molar-refractivity contribution in [2.24, 2.45) is 5.92 Å². The van der Waals surface area contributed by atoms with Crippen LogP contribution in [0.3, 0.4) is 0 Å². The van der Waals surface area contributed by atoms with Crippen LogP contribution in [-0.4, -0.2) is 45.3 Å². The van der Waals surface area contributed by atoms with Gasteiger partial charge < -0.3 is 10.4 Å². The predicted molar refractivity (Wildman–Crippen MR) is 125 cm³/mol. The van der Waals surface area contributed by atoms with Crippen LogP contribution < -0.4 is 10.9 Å². The number of aryl methyl sites for hydroxylation is 1. The van der Waals surface area contributed by atoms with E-state index in [1.54, 1.807) is 6.92 Å². The van der Waals surface area contributed by atoms with E-state index in [4.69, 9.17) is 0 Å². The Morgan fingerprint density at radius 3 is 2.47 bits per heavy atom. The largest absolute Gasteiger partial charge is 0.481 e. The van der Waals surface area contributed by atoms with Crippen molar-refractivity contribution >= 4 is 17.7 Å². The number of rotatable bonds is 13. The van der Waals surface area contributed by atoms with Crippen LogP contribution in [0.4, 0.5) is 4.39 Å². The van der Waals surface area contributed by atoms with Crippen LogP contribution in [0.5, 0.6) is 0 Å². The molecule has 2 rings (SSSR count). The van der Waals surface area contributed by atoms with Gasteiger partial charge in [-0.25, -0.2) is 9.07 Å². The number of carbonyl (C=O) groups excluding carboxylic acids is 2. The normalized spacial score (nSPS) is 13.6. The van der Waals surface area contributed by atoms with Gasteiger partial charge >= 0.3 is 5.97 Å². The molecular weight excluding hydrogens is 441 g/mol. The Hall–Kier alpha value is -3.36. The number of benzene rings is 1. The number of nitrogens with zero attached hydrogens (tertiary/aromatic N) is 2. The van der Waals surface area contributed by atoms with Crippen molar-refractivity contribution in [2.75, 3.05) is 6.67 Å². The lowest BCUT2D eigenvalue weighted by Gasteiger charge is -2.23. The number of aliphatic carboxylic acids is 1. The number of hydrogen-bond donors (Lipinski definition) is 2. The molecule has 1 heterocycles. The van der Waals surface area contributed by atoms with Crippen molar-refractivity contribution in [3.8, 4) is 0 Å². The second kappa shape index (κ2) is 12.8. The summed E-state index contributed by atoms with van der Waals surface area (Å²) < 4.78 is 14.4. The number of aromatic nitrogens is 2. The van der Waals surface area contributed by atoms with E-state index in [0.717, 1.165) is 12.0 Å². The van der Waals surface area contributed by atoms with Crippen molar-refractivity contribution in [1.82, 2.24) is 15.1 Å². The van der Waals surface area contributed by atoms with Gasteiger partial charge in [-0.15, -0.1) is 0 Å². The molecule has 34 heavy (non-hydrogen) atoms. The molecule has 9 heteroatoms. The lowest BCUT2D eigenvalue weighted by Crippen LogP contribution is -2.46. The van der Waals surface area contributed by atoms with E-state index in [9.17, 15) is 28.7 Å². The van der Waals surface area contributed by atoms with E-state index in [1.165, 1.54) is 17.8 Å². The summed E-state index contributed by atoms with van der Waals surface area (Å²) in [7, 11) is 0. The lowest BCUT2D eigenvalue weighted by molar-refractivity contribution is -0.142. The Bertz CT molecular complexity index is 1050. The fourth-order valence-electron chi connectivity index (χ4n) is 3.78. The molecule has 0 spiro atoms. The van der Waals surface area contributed by atoms with Gasteiger partial charge in [-0.2, -0.15) is 5.10 Å². The third-order valence-electron chi connectivity index (χ3n) is 5.81. The lowest BCUT2D eigenvalue weighted by atomic mass is 9.90. The monoisotopic (exact) mass is 473 g/mol. The third kappa shape index (κ3) is 7.07. The zero-order valence-corrected chi connectivity index (χ0v) is 19.8. The molecule has 1 aromatic carbocycles. The first-order chi connectivity index (χ1) is 16.2. The number of unbranched alkanes of at least 4 members (excludes halogenated alkanes) is 1. The Kier molecular flexibility index (Phi) is 10.1. The highest BCUT2D eigenvalue weighted by Gasteiger charge is 2.31. The van der Waals surface area contributed by atoms with Gasteiger partial charge in [-0.3, -0.25) is 19.2 Å². The van der Waals surface area contributed by atoms with Crippen molar-refractivity contribution in [3.63, 3.8) is 0 Å². The second-order valence-electron chi connectivity index (χ2n) is 8.52. The minimum atomic E-state index is -1.32. The summed E-state index contributed by atoms with van der Waals surface area (Å²) in [6.07, 6.45) is 3.06. The van der Waals surface area contributed by atoms with Gasteiger partial charge in [0.05, 0.1) is 30.6 Å². The number of carboxylic acid groups (broad SMARTS) is 1. The fourth-order valence-corrected chi connectivity index (χ4v) is 3.78. The number of halogens is 1. The minimum absolute atomic E-state index is 0.230. The molecule has 1 aromatic heterocycles. The molecule has 0 aliphatic carbocycles. The maximum absolute atomic E-state index is 13.4. The molecule has 2 N–H and O–H groups in total. The summed E-state index contributed by atoms with van der Waals surface area (Å²) in [4.78, 5) is 50.0. The molecule has 0 saturated carbocycles. The number of carbonyl (C=O) groups is 3. The van der Waals surface area contributed by atoms with E-state index in [0.29, 0.717) is 18.4 Å². The van der Waals surface area contributed by atoms with Crippen LogP contribution in [-0.2, 0) is 20.9 Å². The van der Waals surface area contributed by atoms with Gasteiger partial charge in [0.15, 0.2) is 5.78 Å². The summed E-state index contributed by atoms with van der Waals surface area (Å²) in [5, 5.41) is 15.9. The van der Waals surface area contributed by atoms with Crippen LogP contribution in [0.2, 0.25) is 0 Å². The molecule has 2 aromatic rings. The zero-order valence-electron chi connectivity index (χ0n) is 19.8. The van der Waals surface area contributed by atoms with E-state index in [1.807, 2.05) is 37.3 Å². The number of ketones is 1. The smallest absolute Gasteiger partial charge is 0.306 e. The predicted octanol–water partition coefficient (Wildman–Crippen LogP) is 3.01. The molecule has 184 valence electrons. The van der Waals surface area contributed by atoms with E-state index < -0.39 is 47.8 Å². The molecule has 3 atom stereocenters. The van der Waals surface area contributed by atoms with Gasteiger partial charge in [-0.1, -0.05) is 57.0 Å². The molecule has 1 amide bonds. The van der Waals surface area contributed by atoms with Gasteiger partial charge in [0, 0.05) is 5.56 Å². The number of nitrogens with one attached hydrogen (secondary N) is 1. The summed E-state index contributed by atoms with van der Waals surface area (Å²) >= 11 is 0. The van der Waals surface area contributed by atoms with Gasteiger partial charge in [0.1, 0.15) is 6.67 Å². The van der Waals surface area contributed by atoms with Crippen molar-refractivity contribution in [1.29, 1.82) is 0 Å². The topological polar surface area (TPSA) is 118 Å². The first-order valence-corrected chi connectivity index (χ1v) is 11.4. The van der Waals surface area contributed by atoms with Crippen LogP contribution in [0.1, 0.15) is 62.1 Å².